The SMILES string of the molecule is Cc1cc2ncn(CC(O)CSc3nnc(-c4ccccc4Cl)n3N)c2cc1C. The molecule has 2 aromatic heterocycles. The summed E-state index contributed by atoms with van der Waals surface area (Å²) >= 11 is 7.57. The second kappa shape index (κ2) is 8.06. The topological polar surface area (TPSA) is 94.8 Å². The van der Waals surface area contributed by atoms with E-state index in [1.54, 1.807) is 12.4 Å². The van der Waals surface area contributed by atoms with Crippen LogP contribution in [0.4, 0.5) is 0 Å². The van der Waals surface area contributed by atoms with Crippen molar-refractivity contribution in [1.82, 2.24) is 24.4 Å². The highest BCUT2D eigenvalue weighted by Crippen LogP contribution is 2.28. The molecule has 0 saturated heterocycles. The molecule has 7 nitrogen and oxygen atoms in total. The van der Waals surface area contributed by atoms with Gasteiger partial charge in [0.15, 0.2) is 5.82 Å². The average molecular weight is 429 g/mol. The van der Waals surface area contributed by atoms with Gasteiger partial charge >= 0.3 is 0 Å². The molecule has 150 valence electrons. The number of hydrogen-bond acceptors (Lipinski definition) is 6. The first kappa shape index (κ1) is 19.8. The van der Waals surface area contributed by atoms with E-state index in [1.807, 2.05) is 22.8 Å². The van der Waals surface area contributed by atoms with Crippen LogP contribution >= 0.6 is 23.4 Å². The fraction of sp³-hybridized carbons (Fsp3) is 0.250. The fourth-order valence-electron chi connectivity index (χ4n) is 3.11. The lowest BCUT2D eigenvalue weighted by Crippen LogP contribution is -2.19. The zero-order valence-corrected chi connectivity index (χ0v) is 17.7. The highest BCUT2D eigenvalue weighted by molar-refractivity contribution is 7.99. The van der Waals surface area contributed by atoms with Crippen LogP contribution in [0, 0.1) is 13.8 Å². The lowest BCUT2D eigenvalue weighted by Gasteiger charge is -2.12. The van der Waals surface area contributed by atoms with E-state index in [-0.39, 0.29) is 0 Å². The predicted molar refractivity (Wildman–Crippen MR) is 117 cm³/mol. The second-order valence-corrected chi connectivity index (χ2v) is 8.34. The molecule has 1 atom stereocenters. The highest BCUT2D eigenvalue weighted by Gasteiger charge is 2.16. The van der Waals surface area contributed by atoms with E-state index in [0.717, 1.165) is 11.0 Å². The molecule has 0 saturated carbocycles. The van der Waals surface area contributed by atoms with E-state index in [9.17, 15) is 5.11 Å². The van der Waals surface area contributed by atoms with Crippen LogP contribution in [0.1, 0.15) is 11.1 Å². The van der Waals surface area contributed by atoms with Crippen LogP contribution in [0.15, 0.2) is 47.9 Å². The number of fused-ring (bicyclic) bond motifs is 1. The molecule has 4 rings (SSSR count). The second-order valence-electron chi connectivity index (χ2n) is 6.94. The van der Waals surface area contributed by atoms with E-state index in [4.69, 9.17) is 17.4 Å². The molecule has 2 aromatic carbocycles. The Balaban J connectivity index is 1.45. The summed E-state index contributed by atoms with van der Waals surface area (Å²) in [5, 5.41) is 19.9. The van der Waals surface area contributed by atoms with Crippen molar-refractivity contribution < 1.29 is 5.11 Å². The number of rotatable bonds is 6. The van der Waals surface area contributed by atoms with Gasteiger partial charge in [-0.3, -0.25) is 0 Å². The summed E-state index contributed by atoms with van der Waals surface area (Å²) in [4.78, 5) is 4.44. The first-order chi connectivity index (χ1) is 13.9. The maximum absolute atomic E-state index is 10.5. The summed E-state index contributed by atoms with van der Waals surface area (Å²) < 4.78 is 3.37. The van der Waals surface area contributed by atoms with Gasteiger partial charge in [-0.05, 0) is 49.2 Å². The lowest BCUT2D eigenvalue weighted by molar-refractivity contribution is 0.179. The molecule has 0 spiro atoms. The van der Waals surface area contributed by atoms with E-state index < -0.39 is 6.10 Å². The molecule has 2 heterocycles. The van der Waals surface area contributed by atoms with Gasteiger partial charge in [0, 0.05) is 11.3 Å². The molecule has 0 aliphatic carbocycles. The van der Waals surface area contributed by atoms with Crippen LogP contribution in [0.2, 0.25) is 5.02 Å². The van der Waals surface area contributed by atoms with E-state index in [1.165, 1.54) is 27.6 Å². The molecule has 0 radical (unpaired) electrons. The normalized spacial score (nSPS) is 12.6. The molecule has 0 amide bonds. The van der Waals surface area contributed by atoms with Gasteiger partial charge in [0.2, 0.25) is 5.16 Å². The third kappa shape index (κ3) is 3.96. The van der Waals surface area contributed by atoms with Crippen LogP contribution in [0.3, 0.4) is 0 Å². The van der Waals surface area contributed by atoms with Gasteiger partial charge in [0.1, 0.15) is 0 Å². The quantitative estimate of drug-likeness (QED) is 0.361. The van der Waals surface area contributed by atoms with Crippen molar-refractivity contribution in [3.8, 4) is 11.4 Å². The molecule has 3 N–H and O–H groups in total. The predicted octanol–water partition coefficient (Wildman–Crippen LogP) is 3.43. The Labute approximate surface area is 177 Å². The van der Waals surface area contributed by atoms with Gasteiger partial charge in [0.05, 0.1) is 35.0 Å². The zero-order valence-electron chi connectivity index (χ0n) is 16.1. The summed E-state index contributed by atoms with van der Waals surface area (Å²) in [7, 11) is 0. The number of nitrogens with two attached hydrogens (primary N) is 1. The molecular weight excluding hydrogens is 408 g/mol. The molecule has 4 aromatic rings. The highest BCUT2D eigenvalue weighted by atomic mass is 35.5. The van der Waals surface area contributed by atoms with Gasteiger partial charge in [-0.15, -0.1) is 10.2 Å². The number of aryl methyl sites for hydroxylation is 2. The van der Waals surface area contributed by atoms with Gasteiger partial charge in [0.25, 0.3) is 0 Å². The molecule has 0 aliphatic heterocycles. The Kier molecular flexibility index (Phi) is 5.49. The number of aromatic nitrogens is 5. The third-order valence-corrected chi connectivity index (χ3v) is 6.25. The van der Waals surface area contributed by atoms with Crippen LogP contribution in [0.25, 0.3) is 22.4 Å². The minimum absolute atomic E-state index is 0.419. The summed E-state index contributed by atoms with van der Waals surface area (Å²) in [6, 6.07) is 11.5. The van der Waals surface area contributed by atoms with Crippen molar-refractivity contribution in [3.05, 3.63) is 58.9 Å². The third-order valence-electron chi connectivity index (χ3n) is 4.83. The number of hydrogen-bond donors (Lipinski definition) is 2. The van der Waals surface area contributed by atoms with Crippen LogP contribution in [0.5, 0.6) is 0 Å². The van der Waals surface area contributed by atoms with E-state index in [0.29, 0.717) is 33.9 Å². The van der Waals surface area contributed by atoms with Gasteiger partial charge in [-0.1, -0.05) is 35.5 Å². The number of nitrogen functional groups attached to an aromatic ring is 1. The number of benzene rings is 2. The fourth-order valence-corrected chi connectivity index (χ4v) is 4.10. The zero-order chi connectivity index (χ0) is 20.5. The van der Waals surface area contributed by atoms with Crippen molar-refractivity contribution >= 4 is 34.4 Å². The largest absolute Gasteiger partial charge is 0.390 e. The van der Waals surface area contributed by atoms with E-state index in [2.05, 4.69) is 41.2 Å². The monoisotopic (exact) mass is 428 g/mol. The minimum atomic E-state index is -0.598. The maximum atomic E-state index is 10.5. The van der Waals surface area contributed by atoms with Crippen LogP contribution in [-0.4, -0.2) is 41.4 Å². The number of aliphatic hydroxyl groups is 1. The Morgan fingerprint density at radius 3 is 2.72 bits per heavy atom. The van der Waals surface area contributed by atoms with Crippen molar-refractivity contribution in [2.45, 2.75) is 31.7 Å². The molecule has 0 aliphatic rings. The van der Waals surface area contributed by atoms with Crippen LogP contribution < -0.4 is 5.84 Å². The number of aliphatic hydroxyl groups excluding tert-OH is 1. The molecule has 1 unspecified atom stereocenters. The Hall–Kier alpha value is -2.55. The molecule has 29 heavy (non-hydrogen) atoms. The van der Waals surface area contributed by atoms with Gasteiger partial charge in [-0.25, -0.2) is 9.66 Å². The lowest BCUT2D eigenvalue weighted by atomic mass is 10.1. The Morgan fingerprint density at radius 1 is 1.17 bits per heavy atom. The number of thioether (sulfide) groups is 1. The first-order valence-corrected chi connectivity index (χ1v) is 10.5. The van der Waals surface area contributed by atoms with Gasteiger partial charge in [-0.2, -0.15) is 0 Å². The summed E-state index contributed by atoms with van der Waals surface area (Å²) in [5.41, 5.74) is 5.06. The maximum Gasteiger partial charge on any atom is 0.210 e. The van der Waals surface area contributed by atoms with Gasteiger partial charge < -0.3 is 15.5 Å². The van der Waals surface area contributed by atoms with Crippen molar-refractivity contribution in [3.63, 3.8) is 0 Å². The number of nitrogens with zero attached hydrogens (tertiary/aromatic N) is 5. The summed E-state index contributed by atoms with van der Waals surface area (Å²) in [5.74, 6) is 7.05. The Bertz CT molecular complexity index is 1170. The molecule has 0 fully saturated rings. The summed E-state index contributed by atoms with van der Waals surface area (Å²) in [6.07, 6.45) is 1.16. The standard InChI is InChI=1S/C20H21ClN6OS/c1-12-7-17-18(8-13(12)2)26(11-23-17)9-14(28)10-29-20-25-24-19(27(20)22)15-5-3-4-6-16(15)21/h3-8,11,14,28H,9-10,22H2,1-2H3. The smallest absolute Gasteiger partial charge is 0.210 e. The molecule has 0 bridgehead atoms. The molecular formula is C20H21ClN6OS. The van der Waals surface area contributed by atoms with E-state index >= 15 is 0 Å². The molecule has 9 heteroatoms. The summed E-state index contributed by atoms with van der Waals surface area (Å²) in [6.45, 7) is 4.57. The first-order valence-electron chi connectivity index (χ1n) is 9.12. The van der Waals surface area contributed by atoms with Crippen molar-refractivity contribution in [2.24, 2.45) is 0 Å². The number of halogens is 1. The average Bonchev–Trinajstić information content (AvgIpc) is 3.24. The van der Waals surface area contributed by atoms with Crippen molar-refractivity contribution in [2.75, 3.05) is 11.6 Å². The van der Waals surface area contributed by atoms with Crippen LogP contribution in [-0.2, 0) is 6.54 Å². The minimum Gasteiger partial charge on any atom is -0.390 e. The van der Waals surface area contributed by atoms with Crippen molar-refractivity contribution in [1.29, 1.82) is 0 Å². The number of imidazole rings is 1. The Morgan fingerprint density at radius 2 is 1.93 bits per heavy atom.